The minimum absolute atomic E-state index is 0.0973. The van der Waals surface area contributed by atoms with Crippen molar-refractivity contribution in [1.29, 1.82) is 0 Å². The molecule has 4 heteroatoms. The number of rotatable bonds is 5. The van der Waals surface area contributed by atoms with Crippen molar-refractivity contribution in [1.82, 2.24) is 0 Å². The SMILES string of the molecule is NC(CCc1ccco1)Cc1ccc(F)c(F)c1. The van der Waals surface area contributed by atoms with E-state index in [4.69, 9.17) is 10.2 Å². The van der Waals surface area contributed by atoms with Crippen LogP contribution in [0.5, 0.6) is 0 Å². The Morgan fingerprint density at radius 2 is 2.00 bits per heavy atom. The van der Waals surface area contributed by atoms with E-state index in [0.717, 1.165) is 24.7 Å². The molecule has 0 fully saturated rings. The number of furan rings is 1. The monoisotopic (exact) mass is 251 g/mol. The van der Waals surface area contributed by atoms with E-state index < -0.39 is 11.6 Å². The number of hydrogen-bond donors (Lipinski definition) is 1. The molecule has 0 bridgehead atoms. The summed E-state index contributed by atoms with van der Waals surface area (Å²) in [5, 5.41) is 0. The molecule has 18 heavy (non-hydrogen) atoms. The predicted molar refractivity (Wildman–Crippen MR) is 65.1 cm³/mol. The highest BCUT2D eigenvalue weighted by Crippen LogP contribution is 2.12. The standard InChI is InChI=1S/C14H15F2NO/c15-13-6-3-10(9-14(13)16)8-11(17)4-5-12-2-1-7-18-12/h1-3,6-7,9,11H,4-5,8,17H2. The van der Waals surface area contributed by atoms with Crippen LogP contribution in [0.4, 0.5) is 8.78 Å². The Morgan fingerprint density at radius 1 is 1.17 bits per heavy atom. The van der Waals surface area contributed by atoms with Gasteiger partial charge in [0, 0.05) is 12.5 Å². The molecule has 0 aliphatic rings. The third kappa shape index (κ3) is 3.40. The summed E-state index contributed by atoms with van der Waals surface area (Å²) >= 11 is 0. The van der Waals surface area contributed by atoms with Crippen molar-refractivity contribution in [2.24, 2.45) is 5.73 Å². The first kappa shape index (κ1) is 12.8. The van der Waals surface area contributed by atoms with Crippen LogP contribution >= 0.6 is 0 Å². The van der Waals surface area contributed by atoms with Crippen molar-refractivity contribution in [3.8, 4) is 0 Å². The lowest BCUT2D eigenvalue weighted by molar-refractivity contribution is 0.482. The van der Waals surface area contributed by atoms with Gasteiger partial charge in [0.2, 0.25) is 0 Å². The van der Waals surface area contributed by atoms with E-state index >= 15 is 0 Å². The highest BCUT2D eigenvalue weighted by molar-refractivity contribution is 5.18. The zero-order chi connectivity index (χ0) is 13.0. The fourth-order valence-electron chi connectivity index (χ4n) is 1.85. The van der Waals surface area contributed by atoms with Crippen LogP contribution in [0, 0.1) is 11.6 Å². The van der Waals surface area contributed by atoms with Gasteiger partial charge in [0.25, 0.3) is 0 Å². The maximum Gasteiger partial charge on any atom is 0.159 e. The number of hydrogen-bond acceptors (Lipinski definition) is 2. The second-order valence-corrected chi connectivity index (χ2v) is 4.33. The van der Waals surface area contributed by atoms with E-state index in [9.17, 15) is 8.78 Å². The fourth-order valence-corrected chi connectivity index (χ4v) is 1.85. The number of benzene rings is 1. The van der Waals surface area contributed by atoms with Gasteiger partial charge >= 0.3 is 0 Å². The quantitative estimate of drug-likeness (QED) is 0.887. The van der Waals surface area contributed by atoms with Gasteiger partial charge in [-0.15, -0.1) is 0 Å². The first-order chi connectivity index (χ1) is 8.65. The van der Waals surface area contributed by atoms with Gasteiger partial charge in [0.15, 0.2) is 11.6 Å². The van der Waals surface area contributed by atoms with Crippen LogP contribution in [0.25, 0.3) is 0 Å². The van der Waals surface area contributed by atoms with Gasteiger partial charge in [0.1, 0.15) is 5.76 Å². The molecular formula is C14H15F2NO. The molecule has 0 amide bonds. The molecule has 1 aromatic carbocycles. The van der Waals surface area contributed by atoms with Gasteiger partial charge in [-0.1, -0.05) is 6.07 Å². The van der Waals surface area contributed by atoms with Crippen molar-refractivity contribution in [2.75, 3.05) is 0 Å². The van der Waals surface area contributed by atoms with Crippen LogP contribution in [0.15, 0.2) is 41.0 Å². The van der Waals surface area contributed by atoms with Crippen molar-refractivity contribution >= 4 is 0 Å². The second-order valence-electron chi connectivity index (χ2n) is 4.33. The molecule has 1 atom stereocenters. The summed E-state index contributed by atoms with van der Waals surface area (Å²) in [5.41, 5.74) is 6.66. The van der Waals surface area contributed by atoms with Crippen molar-refractivity contribution in [2.45, 2.75) is 25.3 Å². The average molecular weight is 251 g/mol. The van der Waals surface area contributed by atoms with Crippen molar-refractivity contribution < 1.29 is 13.2 Å². The third-order valence-corrected chi connectivity index (χ3v) is 2.82. The van der Waals surface area contributed by atoms with E-state index in [-0.39, 0.29) is 6.04 Å². The van der Waals surface area contributed by atoms with E-state index in [2.05, 4.69) is 0 Å². The summed E-state index contributed by atoms with van der Waals surface area (Å²) in [4.78, 5) is 0. The van der Waals surface area contributed by atoms with Crippen LogP contribution in [-0.2, 0) is 12.8 Å². The molecule has 2 rings (SSSR count). The zero-order valence-electron chi connectivity index (χ0n) is 9.90. The van der Waals surface area contributed by atoms with Gasteiger partial charge in [-0.05, 0) is 42.7 Å². The van der Waals surface area contributed by atoms with Gasteiger partial charge in [-0.25, -0.2) is 8.78 Å². The van der Waals surface area contributed by atoms with Crippen LogP contribution in [0.1, 0.15) is 17.7 Å². The number of nitrogens with two attached hydrogens (primary N) is 1. The summed E-state index contributed by atoms with van der Waals surface area (Å²) < 4.78 is 31.0. The molecule has 0 aliphatic heterocycles. The summed E-state index contributed by atoms with van der Waals surface area (Å²) in [6.45, 7) is 0. The Hall–Kier alpha value is -1.68. The summed E-state index contributed by atoms with van der Waals surface area (Å²) in [6.07, 6.45) is 3.64. The number of aryl methyl sites for hydroxylation is 1. The highest BCUT2D eigenvalue weighted by Gasteiger charge is 2.08. The van der Waals surface area contributed by atoms with E-state index in [1.54, 1.807) is 12.3 Å². The second kappa shape index (κ2) is 5.78. The predicted octanol–water partition coefficient (Wildman–Crippen LogP) is 3.06. The molecule has 0 saturated carbocycles. The molecule has 1 heterocycles. The first-order valence-electron chi connectivity index (χ1n) is 5.87. The van der Waals surface area contributed by atoms with Gasteiger partial charge in [-0.2, -0.15) is 0 Å². The molecule has 0 spiro atoms. The molecule has 2 N–H and O–H groups in total. The Balaban J connectivity index is 1.86. The van der Waals surface area contributed by atoms with E-state index in [1.165, 1.54) is 6.07 Å². The molecule has 1 unspecified atom stereocenters. The van der Waals surface area contributed by atoms with Crippen molar-refractivity contribution in [3.63, 3.8) is 0 Å². The van der Waals surface area contributed by atoms with E-state index in [1.807, 2.05) is 12.1 Å². The van der Waals surface area contributed by atoms with Crippen molar-refractivity contribution in [3.05, 3.63) is 59.6 Å². The van der Waals surface area contributed by atoms with Crippen LogP contribution in [-0.4, -0.2) is 6.04 Å². The summed E-state index contributed by atoms with van der Waals surface area (Å²) in [7, 11) is 0. The van der Waals surface area contributed by atoms with Gasteiger partial charge in [-0.3, -0.25) is 0 Å². The molecule has 1 aromatic heterocycles. The maximum atomic E-state index is 13.0. The van der Waals surface area contributed by atoms with Crippen LogP contribution in [0.3, 0.4) is 0 Å². The largest absolute Gasteiger partial charge is 0.469 e. The van der Waals surface area contributed by atoms with Crippen LogP contribution in [0.2, 0.25) is 0 Å². The Morgan fingerprint density at radius 3 is 2.67 bits per heavy atom. The average Bonchev–Trinajstić information content (AvgIpc) is 2.84. The maximum absolute atomic E-state index is 13.0. The highest BCUT2D eigenvalue weighted by atomic mass is 19.2. The summed E-state index contributed by atoms with van der Waals surface area (Å²) in [6, 6.07) is 7.51. The minimum atomic E-state index is -0.831. The lowest BCUT2D eigenvalue weighted by atomic mass is 10.0. The van der Waals surface area contributed by atoms with Gasteiger partial charge < -0.3 is 10.2 Å². The Bertz CT molecular complexity index is 497. The molecule has 2 nitrogen and oxygen atoms in total. The van der Waals surface area contributed by atoms with E-state index in [0.29, 0.717) is 12.0 Å². The van der Waals surface area contributed by atoms with Gasteiger partial charge in [0.05, 0.1) is 6.26 Å². The smallest absolute Gasteiger partial charge is 0.159 e. The third-order valence-electron chi connectivity index (χ3n) is 2.82. The van der Waals surface area contributed by atoms with Crippen LogP contribution < -0.4 is 5.73 Å². The zero-order valence-corrected chi connectivity index (χ0v) is 9.90. The summed E-state index contributed by atoms with van der Waals surface area (Å²) in [5.74, 6) is -0.774. The topological polar surface area (TPSA) is 39.2 Å². The molecule has 0 aliphatic carbocycles. The molecule has 0 saturated heterocycles. The minimum Gasteiger partial charge on any atom is -0.469 e. The normalized spacial score (nSPS) is 12.6. The fraction of sp³-hybridized carbons (Fsp3) is 0.286. The number of halogens is 2. The molecule has 96 valence electrons. The first-order valence-corrected chi connectivity index (χ1v) is 5.87. The Labute approximate surface area is 104 Å². The molecule has 2 aromatic rings. The lowest BCUT2D eigenvalue weighted by Gasteiger charge is -2.10. The molecular weight excluding hydrogens is 236 g/mol. The molecule has 0 radical (unpaired) electrons. The Kier molecular flexibility index (Phi) is 4.10. The lowest BCUT2D eigenvalue weighted by Crippen LogP contribution is -2.23.